The fraction of sp³-hybridized carbons (Fsp3) is 0.429. The van der Waals surface area contributed by atoms with E-state index in [4.69, 9.17) is 16.3 Å². The molecule has 0 aliphatic rings. The van der Waals surface area contributed by atoms with E-state index in [9.17, 15) is 9.59 Å². The van der Waals surface area contributed by atoms with Gasteiger partial charge in [-0.25, -0.2) is 0 Å². The highest BCUT2D eigenvalue weighted by molar-refractivity contribution is 6.34. The molecule has 0 bridgehead atoms. The third-order valence-corrected chi connectivity index (χ3v) is 2.96. The maximum absolute atomic E-state index is 12.0. The first kappa shape index (κ1) is 16.6. The van der Waals surface area contributed by atoms with Crippen molar-refractivity contribution in [3.63, 3.8) is 0 Å². The molecule has 0 aliphatic heterocycles. The predicted octanol–water partition coefficient (Wildman–Crippen LogP) is 1.22. The van der Waals surface area contributed by atoms with Crippen molar-refractivity contribution < 1.29 is 14.3 Å². The molecule has 0 aromatic heterocycles. The summed E-state index contributed by atoms with van der Waals surface area (Å²) in [6, 6.07) is 6.88. The van der Waals surface area contributed by atoms with Gasteiger partial charge < -0.3 is 10.1 Å². The quantitative estimate of drug-likeness (QED) is 0.579. The Morgan fingerprint density at radius 1 is 1.30 bits per heavy atom. The number of carbonyl (C=O) groups excluding carboxylic acids is 2. The van der Waals surface area contributed by atoms with Crippen LogP contribution in [0.1, 0.15) is 10.4 Å². The van der Waals surface area contributed by atoms with Crippen molar-refractivity contribution in [2.45, 2.75) is 0 Å². The number of nitrogens with one attached hydrogen (secondary N) is 1. The number of benzene rings is 1. The van der Waals surface area contributed by atoms with Crippen LogP contribution in [0.15, 0.2) is 24.3 Å². The van der Waals surface area contributed by atoms with Crippen LogP contribution in [0.4, 0.5) is 0 Å². The molecule has 110 valence electrons. The molecule has 5 nitrogen and oxygen atoms in total. The van der Waals surface area contributed by atoms with Gasteiger partial charge in [0.05, 0.1) is 24.7 Å². The number of hydrogen-bond donors (Lipinski definition) is 1. The number of ketones is 1. The minimum atomic E-state index is -0.142. The van der Waals surface area contributed by atoms with E-state index >= 15 is 0 Å². The van der Waals surface area contributed by atoms with Crippen LogP contribution in [0.25, 0.3) is 0 Å². The number of carbonyl (C=O) groups is 2. The number of Topliss-reactive ketones (excluding diaryl/α,β-unsaturated/α-hetero) is 1. The minimum absolute atomic E-state index is 0.109. The van der Waals surface area contributed by atoms with E-state index in [0.29, 0.717) is 23.7 Å². The van der Waals surface area contributed by atoms with Gasteiger partial charge in [0.25, 0.3) is 0 Å². The number of ether oxygens (including phenoxy) is 1. The molecule has 1 aromatic rings. The van der Waals surface area contributed by atoms with Crippen molar-refractivity contribution >= 4 is 23.3 Å². The maximum atomic E-state index is 12.0. The molecule has 0 aliphatic carbocycles. The molecule has 1 amide bonds. The van der Waals surface area contributed by atoms with Crippen LogP contribution in [0.5, 0.6) is 0 Å². The number of likely N-dealkylation sites (N-methyl/N-ethyl adjacent to an activating group) is 1. The highest BCUT2D eigenvalue weighted by Crippen LogP contribution is 2.15. The van der Waals surface area contributed by atoms with Gasteiger partial charge in [-0.05, 0) is 19.2 Å². The second kappa shape index (κ2) is 8.68. The average Bonchev–Trinajstić information content (AvgIpc) is 2.39. The van der Waals surface area contributed by atoms with Gasteiger partial charge >= 0.3 is 0 Å². The zero-order valence-electron chi connectivity index (χ0n) is 11.7. The largest absolute Gasteiger partial charge is 0.383 e. The van der Waals surface area contributed by atoms with Crippen LogP contribution >= 0.6 is 11.6 Å². The van der Waals surface area contributed by atoms with Crippen molar-refractivity contribution in [3.05, 3.63) is 34.9 Å². The normalized spacial score (nSPS) is 10.6. The van der Waals surface area contributed by atoms with E-state index in [1.165, 1.54) is 0 Å². The Morgan fingerprint density at radius 3 is 2.65 bits per heavy atom. The summed E-state index contributed by atoms with van der Waals surface area (Å²) in [5.74, 6) is -0.251. The Labute approximate surface area is 123 Å². The summed E-state index contributed by atoms with van der Waals surface area (Å²) in [7, 11) is 3.28. The number of amides is 1. The topological polar surface area (TPSA) is 58.6 Å². The highest BCUT2D eigenvalue weighted by Gasteiger charge is 2.14. The Bertz CT molecular complexity index is 465. The molecule has 1 rings (SSSR count). The Hall–Kier alpha value is -1.43. The molecule has 0 radical (unpaired) electrons. The molecule has 0 heterocycles. The molecule has 0 unspecified atom stereocenters. The summed E-state index contributed by atoms with van der Waals surface area (Å²) in [5, 5.41) is 3.12. The molecule has 0 saturated carbocycles. The molecule has 6 heteroatoms. The van der Waals surface area contributed by atoms with E-state index < -0.39 is 0 Å². The predicted molar refractivity (Wildman–Crippen MR) is 78.2 cm³/mol. The van der Waals surface area contributed by atoms with Gasteiger partial charge in [-0.2, -0.15) is 0 Å². The van der Waals surface area contributed by atoms with Crippen LogP contribution < -0.4 is 5.32 Å². The zero-order valence-corrected chi connectivity index (χ0v) is 12.4. The van der Waals surface area contributed by atoms with Crippen LogP contribution in [0, 0.1) is 0 Å². The summed E-state index contributed by atoms with van der Waals surface area (Å²) in [4.78, 5) is 25.3. The van der Waals surface area contributed by atoms with Gasteiger partial charge in [0.1, 0.15) is 0 Å². The Morgan fingerprint density at radius 2 is 2.00 bits per heavy atom. The fourth-order valence-corrected chi connectivity index (χ4v) is 1.91. The highest BCUT2D eigenvalue weighted by atomic mass is 35.5. The number of nitrogens with zero attached hydrogens (tertiary/aromatic N) is 1. The Balaban J connectivity index is 2.42. The lowest BCUT2D eigenvalue weighted by molar-refractivity contribution is -0.122. The van der Waals surface area contributed by atoms with Crippen LogP contribution in [-0.4, -0.2) is 57.0 Å². The minimum Gasteiger partial charge on any atom is -0.383 e. The standard InChI is InChI=1S/C14H19ClN2O3/c1-17(10-14(19)16-7-8-20-2)9-13(18)11-5-3-4-6-12(11)15/h3-6H,7-10H2,1-2H3,(H,16,19). The average molecular weight is 299 g/mol. The third kappa shape index (κ3) is 5.69. The lowest BCUT2D eigenvalue weighted by Crippen LogP contribution is -2.38. The summed E-state index contributed by atoms with van der Waals surface area (Å²) in [6.07, 6.45) is 0. The van der Waals surface area contributed by atoms with Crippen molar-refractivity contribution in [2.75, 3.05) is 40.4 Å². The summed E-state index contributed by atoms with van der Waals surface area (Å²) in [5.41, 5.74) is 0.473. The van der Waals surface area contributed by atoms with Crippen LogP contribution in [0.2, 0.25) is 5.02 Å². The maximum Gasteiger partial charge on any atom is 0.234 e. The molecule has 1 aromatic carbocycles. The van der Waals surface area contributed by atoms with Crippen molar-refractivity contribution in [1.82, 2.24) is 10.2 Å². The first-order valence-corrected chi connectivity index (χ1v) is 6.64. The van der Waals surface area contributed by atoms with Gasteiger partial charge in [-0.3, -0.25) is 14.5 Å². The fourth-order valence-electron chi connectivity index (χ4n) is 1.67. The molecule has 1 N–H and O–H groups in total. The number of methoxy groups -OCH3 is 1. The molecule has 20 heavy (non-hydrogen) atoms. The van der Waals surface area contributed by atoms with E-state index in [1.807, 2.05) is 0 Å². The van der Waals surface area contributed by atoms with Crippen molar-refractivity contribution in [3.8, 4) is 0 Å². The first-order valence-electron chi connectivity index (χ1n) is 6.26. The van der Waals surface area contributed by atoms with Crippen LogP contribution in [-0.2, 0) is 9.53 Å². The van der Waals surface area contributed by atoms with Crippen molar-refractivity contribution in [2.24, 2.45) is 0 Å². The molecular weight excluding hydrogens is 280 g/mol. The second-order valence-electron chi connectivity index (χ2n) is 4.42. The number of hydrogen-bond acceptors (Lipinski definition) is 4. The van der Waals surface area contributed by atoms with E-state index in [1.54, 1.807) is 43.3 Å². The van der Waals surface area contributed by atoms with Gasteiger partial charge in [-0.15, -0.1) is 0 Å². The SMILES string of the molecule is COCCNC(=O)CN(C)CC(=O)c1ccccc1Cl. The summed E-state index contributed by atoms with van der Waals surface area (Å²) >= 11 is 5.96. The molecule has 0 spiro atoms. The lowest BCUT2D eigenvalue weighted by Gasteiger charge is -2.15. The monoisotopic (exact) mass is 298 g/mol. The van der Waals surface area contributed by atoms with Gasteiger partial charge in [0.15, 0.2) is 5.78 Å². The Kier molecular flexibility index (Phi) is 7.22. The third-order valence-electron chi connectivity index (χ3n) is 2.63. The summed E-state index contributed by atoms with van der Waals surface area (Å²) < 4.78 is 4.84. The molecular formula is C14H19ClN2O3. The molecule has 0 saturated heterocycles. The van der Waals surface area contributed by atoms with Crippen LogP contribution in [0.3, 0.4) is 0 Å². The van der Waals surface area contributed by atoms with Gasteiger partial charge in [0.2, 0.25) is 5.91 Å². The van der Waals surface area contributed by atoms with E-state index in [0.717, 1.165) is 0 Å². The number of rotatable bonds is 8. The van der Waals surface area contributed by atoms with Gasteiger partial charge in [-0.1, -0.05) is 23.7 Å². The first-order chi connectivity index (χ1) is 9.54. The lowest BCUT2D eigenvalue weighted by atomic mass is 10.1. The summed E-state index contributed by atoms with van der Waals surface area (Å²) in [6.45, 7) is 1.22. The molecule has 0 atom stereocenters. The van der Waals surface area contributed by atoms with E-state index in [2.05, 4.69) is 5.32 Å². The zero-order chi connectivity index (χ0) is 15.0. The number of halogens is 1. The van der Waals surface area contributed by atoms with E-state index in [-0.39, 0.29) is 24.8 Å². The molecule has 0 fully saturated rings. The second-order valence-corrected chi connectivity index (χ2v) is 4.83. The smallest absolute Gasteiger partial charge is 0.234 e. The van der Waals surface area contributed by atoms with Crippen molar-refractivity contribution in [1.29, 1.82) is 0 Å². The van der Waals surface area contributed by atoms with Gasteiger partial charge in [0, 0.05) is 19.2 Å².